The van der Waals surface area contributed by atoms with Gasteiger partial charge in [0.05, 0.1) is 19.4 Å². The Morgan fingerprint density at radius 3 is 2.62 bits per heavy atom. The minimum Gasteiger partial charge on any atom is -0.452 e. The average Bonchev–Trinajstić information content (AvgIpc) is 3.30. The quantitative estimate of drug-likeness (QED) is 0.519. The van der Waals surface area contributed by atoms with Crippen LogP contribution in [-0.4, -0.2) is 46.8 Å². The number of carbonyl (C=O) groups is 1. The second-order valence-corrected chi connectivity index (χ2v) is 7.37. The number of fused-ring (bicyclic) bond motifs is 1. The van der Waals surface area contributed by atoms with Crippen LogP contribution in [0.3, 0.4) is 0 Å². The van der Waals surface area contributed by atoms with Crippen LogP contribution in [0, 0.1) is 5.82 Å². The van der Waals surface area contributed by atoms with Crippen LogP contribution in [-0.2, 0) is 4.74 Å². The number of rotatable bonds is 5. The van der Waals surface area contributed by atoms with Crippen LogP contribution in [0.25, 0.3) is 16.6 Å². The van der Waals surface area contributed by atoms with Gasteiger partial charge in [-0.25, -0.2) is 13.9 Å². The maximum Gasteiger partial charge on any atom is 0.248 e. The molecule has 2 N–H and O–H groups in total. The number of hydrogen-bond donors (Lipinski definition) is 1. The number of amides is 1. The summed E-state index contributed by atoms with van der Waals surface area (Å²) in [5.74, 6) is -0.0890. The van der Waals surface area contributed by atoms with Gasteiger partial charge in [-0.1, -0.05) is 0 Å². The zero-order chi connectivity index (χ0) is 22.1. The van der Waals surface area contributed by atoms with E-state index in [0.29, 0.717) is 24.5 Å². The average molecular weight is 433 g/mol. The molecule has 0 unspecified atom stereocenters. The summed E-state index contributed by atoms with van der Waals surface area (Å²) in [6.07, 6.45) is 5.29. The Hall–Kier alpha value is -3.98. The van der Waals surface area contributed by atoms with Gasteiger partial charge in [0, 0.05) is 42.2 Å². The molecule has 0 spiro atoms. The number of anilines is 1. The fourth-order valence-electron chi connectivity index (χ4n) is 3.63. The highest BCUT2D eigenvalue weighted by molar-refractivity contribution is 5.92. The van der Waals surface area contributed by atoms with Crippen molar-refractivity contribution in [1.29, 1.82) is 0 Å². The molecule has 32 heavy (non-hydrogen) atoms. The van der Waals surface area contributed by atoms with E-state index in [0.717, 1.165) is 36.1 Å². The van der Waals surface area contributed by atoms with Crippen molar-refractivity contribution in [3.63, 3.8) is 0 Å². The van der Waals surface area contributed by atoms with Gasteiger partial charge in [0.15, 0.2) is 17.3 Å². The van der Waals surface area contributed by atoms with Gasteiger partial charge in [-0.15, -0.1) is 0 Å². The summed E-state index contributed by atoms with van der Waals surface area (Å²) in [4.78, 5) is 18.1. The van der Waals surface area contributed by atoms with Crippen LogP contribution >= 0.6 is 0 Å². The van der Waals surface area contributed by atoms with Crippen molar-refractivity contribution in [3.05, 3.63) is 72.4 Å². The number of aromatic nitrogens is 3. The second kappa shape index (κ2) is 8.27. The number of benzene rings is 1. The first kappa shape index (κ1) is 20.0. The van der Waals surface area contributed by atoms with Crippen molar-refractivity contribution in [1.82, 2.24) is 14.6 Å². The van der Waals surface area contributed by atoms with Crippen molar-refractivity contribution in [3.8, 4) is 22.6 Å². The Bertz CT molecular complexity index is 1280. The summed E-state index contributed by atoms with van der Waals surface area (Å²) in [6.45, 7) is 3.00. The highest BCUT2D eigenvalue weighted by Crippen LogP contribution is 2.33. The van der Waals surface area contributed by atoms with E-state index < -0.39 is 11.7 Å². The number of pyridine rings is 2. The van der Waals surface area contributed by atoms with Gasteiger partial charge in [-0.3, -0.25) is 4.79 Å². The Labute approximate surface area is 183 Å². The monoisotopic (exact) mass is 433 g/mol. The van der Waals surface area contributed by atoms with Gasteiger partial charge in [-0.2, -0.15) is 5.10 Å². The van der Waals surface area contributed by atoms with Gasteiger partial charge >= 0.3 is 0 Å². The standard InChI is InChI=1S/C23H20FN5O3/c24-18-11-15(23(25)30)1-3-20(18)32-21-12-17(14-29-19(21)5-6-27-29)16-2-4-22(26-13-16)28-7-9-31-10-8-28/h1-6,11-14H,7-10H2,(H2,25,30). The third-order valence-corrected chi connectivity index (χ3v) is 5.32. The molecule has 162 valence electrons. The summed E-state index contributed by atoms with van der Waals surface area (Å²) in [5, 5.41) is 4.30. The van der Waals surface area contributed by atoms with Gasteiger partial charge in [0.1, 0.15) is 11.3 Å². The van der Waals surface area contributed by atoms with Gasteiger partial charge in [-0.05, 0) is 42.5 Å². The van der Waals surface area contributed by atoms with E-state index in [1.165, 1.54) is 12.1 Å². The van der Waals surface area contributed by atoms with Crippen LogP contribution in [0.15, 0.2) is 61.1 Å². The molecular weight excluding hydrogens is 413 g/mol. The third kappa shape index (κ3) is 3.85. The molecule has 0 saturated carbocycles. The Morgan fingerprint density at radius 2 is 1.91 bits per heavy atom. The maximum atomic E-state index is 14.5. The lowest BCUT2D eigenvalue weighted by atomic mass is 10.1. The highest BCUT2D eigenvalue weighted by atomic mass is 19.1. The molecule has 1 fully saturated rings. The smallest absolute Gasteiger partial charge is 0.248 e. The number of hydrogen-bond acceptors (Lipinski definition) is 6. The van der Waals surface area contributed by atoms with Crippen molar-refractivity contribution in [2.75, 3.05) is 31.2 Å². The van der Waals surface area contributed by atoms with Gasteiger partial charge in [0.2, 0.25) is 5.91 Å². The SMILES string of the molecule is NC(=O)c1ccc(Oc2cc(-c3ccc(N4CCOCC4)nc3)cn3nccc23)c(F)c1. The minimum absolute atomic E-state index is 0.0176. The van der Waals surface area contributed by atoms with Crippen LogP contribution in [0.4, 0.5) is 10.2 Å². The van der Waals surface area contributed by atoms with E-state index in [9.17, 15) is 9.18 Å². The summed E-state index contributed by atoms with van der Waals surface area (Å²) in [5.41, 5.74) is 7.64. The molecule has 9 heteroatoms. The highest BCUT2D eigenvalue weighted by Gasteiger charge is 2.15. The molecule has 8 nitrogen and oxygen atoms in total. The summed E-state index contributed by atoms with van der Waals surface area (Å²) >= 11 is 0. The predicted molar refractivity (Wildman–Crippen MR) is 116 cm³/mol. The van der Waals surface area contributed by atoms with E-state index in [1.807, 2.05) is 24.4 Å². The molecule has 0 bridgehead atoms. The molecule has 4 heterocycles. The fourth-order valence-corrected chi connectivity index (χ4v) is 3.63. The zero-order valence-corrected chi connectivity index (χ0v) is 17.1. The lowest BCUT2D eigenvalue weighted by Gasteiger charge is -2.27. The molecule has 4 aromatic rings. The number of primary amides is 1. The topological polar surface area (TPSA) is 95.0 Å². The molecule has 1 aliphatic heterocycles. The van der Waals surface area contributed by atoms with Crippen molar-refractivity contribution in [2.45, 2.75) is 0 Å². The molecule has 1 amide bonds. The zero-order valence-electron chi connectivity index (χ0n) is 17.1. The second-order valence-electron chi connectivity index (χ2n) is 7.37. The molecule has 3 aromatic heterocycles. The third-order valence-electron chi connectivity index (χ3n) is 5.32. The number of morpholine rings is 1. The van der Waals surface area contributed by atoms with Gasteiger partial charge < -0.3 is 20.1 Å². The maximum absolute atomic E-state index is 14.5. The van der Waals surface area contributed by atoms with Crippen LogP contribution < -0.4 is 15.4 Å². The minimum atomic E-state index is -0.705. The normalized spacial score (nSPS) is 14.0. The molecule has 0 radical (unpaired) electrons. The predicted octanol–water partition coefficient (Wildman–Crippen LogP) is 3.26. The van der Waals surface area contributed by atoms with E-state index in [2.05, 4.69) is 15.0 Å². The number of halogens is 1. The first-order chi connectivity index (χ1) is 15.6. The molecule has 5 rings (SSSR count). The van der Waals surface area contributed by atoms with E-state index >= 15 is 0 Å². The Kier molecular flexibility index (Phi) is 5.16. The van der Waals surface area contributed by atoms with Gasteiger partial charge in [0.25, 0.3) is 0 Å². The summed E-state index contributed by atoms with van der Waals surface area (Å²) in [7, 11) is 0. The first-order valence-corrected chi connectivity index (χ1v) is 10.1. The van der Waals surface area contributed by atoms with E-state index in [1.54, 1.807) is 23.0 Å². The van der Waals surface area contributed by atoms with E-state index in [-0.39, 0.29) is 11.3 Å². The van der Waals surface area contributed by atoms with Crippen LogP contribution in [0.2, 0.25) is 0 Å². The van der Waals surface area contributed by atoms with Crippen LogP contribution in [0.1, 0.15) is 10.4 Å². The fraction of sp³-hybridized carbons (Fsp3) is 0.174. The summed E-state index contributed by atoms with van der Waals surface area (Å²) < 4.78 is 27.4. The first-order valence-electron chi connectivity index (χ1n) is 10.1. The Morgan fingerprint density at radius 1 is 1.06 bits per heavy atom. The molecule has 0 aliphatic carbocycles. The molecular formula is C23H20FN5O3. The number of nitrogens with zero attached hydrogens (tertiary/aromatic N) is 4. The summed E-state index contributed by atoms with van der Waals surface area (Å²) in [6, 6.07) is 11.4. The van der Waals surface area contributed by atoms with Crippen LogP contribution in [0.5, 0.6) is 11.5 Å². The number of ether oxygens (including phenoxy) is 2. The Balaban J connectivity index is 1.47. The largest absolute Gasteiger partial charge is 0.452 e. The molecule has 1 aliphatic rings. The molecule has 1 aromatic carbocycles. The van der Waals surface area contributed by atoms with E-state index in [4.69, 9.17) is 15.2 Å². The molecule has 1 saturated heterocycles. The van der Waals surface area contributed by atoms with Crippen molar-refractivity contribution < 1.29 is 18.7 Å². The number of carbonyl (C=O) groups excluding carboxylic acids is 1. The van der Waals surface area contributed by atoms with Crippen molar-refractivity contribution >= 4 is 17.2 Å². The lowest BCUT2D eigenvalue weighted by molar-refractivity contribution is 0.1000. The lowest BCUT2D eigenvalue weighted by Crippen LogP contribution is -2.36. The molecule has 0 atom stereocenters. The van der Waals surface area contributed by atoms with Crippen molar-refractivity contribution in [2.24, 2.45) is 5.73 Å². The number of nitrogens with two attached hydrogens (primary N) is 1.